The van der Waals surface area contributed by atoms with E-state index in [0.29, 0.717) is 24.2 Å². The molecule has 2 atom stereocenters. The number of aliphatic carboxylic acids is 1. The number of alkyl halides is 3. The van der Waals surface area contributed by atoms with Crippen LogP contribution in [0.5, 0.6) is 0 Å². The van der Waals surface area contributed by atoms with E-state index in [1.807, 2.05) is 0 Å². The maximum atomic E-state index is 13.8. The molecule has 1 aliphatic rings. The zero-order valence-corrected chi connectivity index (χ0v) is 18.9. The number of anilines is 1. The number of halogens is 3. The second kappa shape index (κ2) is 9.05. The summed E-state index contributed by atoms with van der Waals surface area (Å²) in [6.07, 6.45) is -4.26. The van der Waals surface area contributed by atoms with E-state index in [0.717, 1.165) is 6.07 Å². The number of aromatic nitrogens is 2. The van der Waals surface area contributed by atoms with Gasteiger partial charge in [0.25, 0.3) is 11.5 Å². The number of nitrogens with zero attached hydrogens (tertiary/aromatic N) is 2. The molecule has 2 heterocycles. The van der Waals surface area contributed by atoms with Gasteiger partial charge >= 0.3 is 12.1 Å². The number of rotatable bonds is 5. The van der Waals surface area contributed by atoms with E-state index < -0.39 is 35.2 Å². The van der Waals surface area contributed by atoms with Crippen molar-refractivity contribution >= 4 is 28.5 Å². The van der Waals surface area contributed by atoms with Crippen LogP contribution >= 0.6 is 0 Å². The number of hydrogen-bond donors (Lipinski definition) is 3. The molecule has 8 nitrogen and oxygen atoms in total. The average molecular weight is 488 g/mol. The monoisotopic (exact) mass is 488 g/mol. The van der Waals surface area contributed by atoms with Gasteiger partial charge in [0.2, 0.25) is 0 Å². The molecule has 0 bridgehead atoms. The molecule has 0 radical (unpaired) electrons. The maximum absolute atomic E-state index is 13.8. The van der Waals surface area contributed by atoms with Gasteiger partial charge in [0.05, 0.1) is 22.4 Å². The molecule has 11 heteroatoms. The van der Waals surface area contributed by atoms with E-state index in [9.17, 15) is 27.6 Å². The zero-order valence-electron chi connectivity index (χ0n) is 18.9. The Morgan fingerprint density at radius 3 is 2.51 bits per heavy atom. The largest absolute Gasteiger partial charge is 0.481 e. The molecule has 3 aromatic rings. The van der Waals surface area contributed by atoms with E-state index in [2.05, 4.69) is 15.3 Å². The molecule has 2 unspecified atom stereocenters. The topological polar surface area (TPSA) is 115 Å². The number of aryl methyl sites for hydroxylation is 1. The smallest absolute Gasteiger partial charge is 0.416 e. The van der Waals surface area contributed by atoms with Crippen LogP contribution in [0.15, 0.2) is 41.2 Å². The molecule has 1 amide bonds. The Morgan fingerprint density at radius 1 is 1.23 bits per heavy atom. The van der Waals surface area contributed by atoms with Crippen LogP contribution in [0, 0.1) is 12.8 Å². The molecule has 1 fully saturated rings. The first-order chi connectivity index (χ1) is 16.4. The molecule has 1 aromatic heterocycles. The Hall–Kier alpha value is -3.89. The van der Waals surface area contributed by atoms with Crippen LogP contribution in [0.2, 0.25) is 0 Å². The number of H-pyrrole nitrogens is 1. The number of nitrogens with one attached hydrogen (secondary N) is 2. The second-order valence-corrected chi connectivity index (χ2v) is 8.62. The third-order valence-electron chi connectivity index (χ3n) is 6.11. The summed E-state index contributed by atoms with van der Waals surface area (Å²) in [6, 6.07) is 7.47. The summed E-state index contributed by atoms with van der Waals surface area (Å²) >= 11 is 0. The number of carboxylic acid groups (broad SMARTS) is 1. The highest BCUT2D eigenvalue weighted by molar-refractivity contribution is 5.95. The lowest BCUT2D eigenvalue weighted by molar-refractivity contribution is -0.141. The van der Waals surface area contributed by atoms with Crippen LogP contribution in [0.1, 0.15) is 46.7 Å². The molecule has 0 saturated carbocycles. The molecular formula is C24H23F3N4O4. The van der Waals surface area contributed by atoms with Crippen molar-refractivity contribution in [2.75, 3.05) is 18.4 Å². The Labute approximate surface area is 197 Å². The number of carbonyl (C=O) groups is 2. The molecule has 1 aliphatic heterocycles. The molecule has 184 valence electrons. The lowest BCUT2D eigenvalue weighted by Crippen LogP contribution is -2.29. The van der Waals surface area contributed by atoms with E-state index in [1.165, 1.54) is 30.0 Å². The van der Waals surface area contributed by atoms with Crippen LogP contribution in [0.4, 0.5) is 18.9 Å². The van der Waals surface area contributed by atoms with Crippen molar-refractivity contribution in [2.24, 2.45) is 5.92 Å². The van der Waals surface area contributed by atoms with Crippen molar-refractivity contribution in [3.63, 3.8) is 0 Å². The molecular weight excluding hydrogens is 465 g/mol. The predicted molar refractivity (Wildman–Crippen MR) is 122 cm³/mol. The lowest BCUT2D eigenvalue weighted by Gasteiger charge is -2.21. The van der Waals surface area contributed by atoms with Crippen molar-refractivity contribution in [2.45, 2.75) is 32.5 Å². The van der Waals surface area contributed by atoms with Crippen molar-refractivity contribution in [3.8, 4) is 0 Å². The number of aromatic amines is 1. The number of likely N-dealkylation sites (tertiary alicyclic amines) is 1. The number of carbonyl (C=O) groups excluding carboxylic acids is 1. The fourth-order valence-corrected chi connectivity index (χ4v) is 4.29. The molecule has 0 aliphatic carbocycles. The Kier molecular flexibility index (Phi) is 6.27. The summed E-state index contributed by atoms with van der Waals surface area (Å²) in [4.78, 5) is 44.1. The van der Waals surface area contributed by atoms with Crippen LogP contribution in [-0.2, 0) is 11.0 Å². The first-order valence-electron chi connectivity index (χ1n) is 10.9. The normalized spacial score (nSPS) is 16.9. The second-order valence-electron chi connectivity index (χ2n) is 8.62. The van der Waals surface area contributed by atoms with E-state index in [1.54, 1.807) is 19.1 Å². The van der Waals surface area contributed by atoms with Gasteiger partial charge in [-0.1, -0.05) is 0 Å². The van der Waals surface area contributed by atoms with Crippen LogP contribution in [-0.4, -0.2) is 44.9 Å². The minimum Gasteiger partial charge on any atom is -0.481 e. The van der Waals surface area contributed by atoms with Crippen LogP contribution < -0.4 is 10.9 Å². The highest BCUT2D eigenvalue weighted by atomic mass is 19.4. The average Bonchev–Trinajstić information content (AvgIpc) is 3.28. The Bertz CT molecular complexity index is 1350. The summed E-state index contributed by atoms with van der Waals surface area (Å²) in [6.45, 7) is 3.53. The van der Waals surface area contributed by atoms with Gasteiger partial charge in [0, 0.05) is 30.4 Å². The van der Waals surface area contributed by atoms with Gasteiger partial charge in [-0.3, -0.25) is 14.4 Å². The molecule has 0 spiro atoms. The minimum absolute atomic E-state index is 0.0376. The zero-order chi connectivity index (χ0) is 25.5. The third kappa shape index (κ3) is 4.98. The van der Waals surface area contributed by atoms with Crippen LogP contribution in [0.3, 0.4) is 0 Å². The Morgan fingerprint density at radius 2 is 1.91 bits per heavy atom. The highest BCUT2D eigenvalue weighted by Gasteiger charge is 2.35. The quantitative estimate of drug-likeness (QED) is 0.501. The molecule has 2 aromatic carbocycles. The van der Waals surface area contributed by atoms with E-state index >= 15 is 0 Å². The summed E-state index contributed by atoms with van der Waals surface area (Å²) in [5, 5.41) is 12.2. The van der Waals surface area contributed by atoms with Gasteiger partial charge < -0.3 is 20.3 Å². The number of hydrogen-bond acceptors (Lipinski definition) is 5. The van der Waals surface area contributed by atoms with E-state index in [4.69, 9.17) is 5.11 Å². The maximum Gasteiger partial charge on any atom is 0.416 e. The van der Waals surface area contributed by atoms with Gasteiger partial charge in [-0.15, -0.1) is 0 Å². The summed E-state index contributed by atoms with van der Waals surface area (Å²) in [5.74, 6) is -1.61. The SMILES string of the molecule is Cc1nc2cc(C(F)(F)F)c(C(C)Nc3ccc(C(=O)N4CCC(C(=O)O)C4)cc3)cc2c(=O)[nH]1. The molecule has 35 heavy (non-hydrogen) atoms. The number of amides is 1. The minimum atomic E-state index is -4.66. The van der Waals surface area contributed by atoms with Crippen molar-refractivity contribution in [3.05, 3.63) is 69.3 Å². The fourth-order valence-electron chi connectivity index (χ4n) is 4.29. The fraction of sp³-hybridized carbons (Fsp3) is 0.333. The van der Waals surface area contributed by atoms with Gasteiger partial charge in [0.1, 0.15) is 5.82 Å². The van der Waals surface area contributed by atoms with Gasteiger partial charge in [-0.25, -0.2) is 4.98 Å². The lowest BCUT2D eigenvalue weighted by atomic mass is 9.98. The van der Waals surface area contributed by atoms with Crippen molar-refractivity contribution in [1.29, 1.82) is 0 Å². The molecule has 3 N–H and O–H groups in total. The predicted octanol–water partition coefficient (Wildman–Crippen LogP) is 3.97. The first-order valence-corrected chi connectivity index (χ1v) is 10.9. The number of fused-ring (bicyclic) bond motifs is 1. The number of benzene rings is 2. The van der Waals surface area contributed by atoms with Gasteiger partial charge in [-0.2, -0.15) is 13.2 Å². The molecule has 4 rings (SSSR count). The first kappa shape index (κ1) is 24.2. The van der Waals surface area contributed by atoms with Crippen molar-refractivity contribution in [1.82, 2.24) is 14.9 Å². The van der Waals surface area contributed by atoms with Crippen molar-refractivity contribution < 1.29 is 27.9 Å². The van der Waals surface area contributed by atoms with E-state index in [-0.39, 0.29) is 34.7 Å². The third-order valence-corrected chi connectivity index (χ3v) is 6.11. The molecule has 1 saturated heterocycles. The highest BCUT2D eigenvalue weighted by Crippen LogP contribution is 2.37. The van der Waals surface area contributed by atoms with Gasteiger partial charge in [0.15, 0.2) is 0 Å². The summed E-state index contributed by atoms with van der Waals surface area (Å²) < 4.78 is 41.5. The number of carboxylic acids is 1. The summed E-state index contributed by atoms with van der Waals surface area (Å²) in [5.41, 5.74) is -0.740. The standard InChI is InChI=1S/C24H23F3N4O4/c1-12(17-9-18-20(10-19(17)24(25,26)27)29-13(2)30-21(18)32)28-16-5-3-14(4-6-16)22(33)31-8-7-15(11-31)23(34)35/h3-6,9-10,12,15,28H,7-8,11H2,1-2H3,(H,34,35)(H,29,30,32). The van der Waals surface area contributed by atoms with Gasteiger partial charge in [-0.05, 0) is 62.2 Å². The van der Waals surface area contributed by atoms with Crippen LogP contribution in [0.25, 0.3) is 10.9 Å². The Balaban J connectivity index is 1.57. The summed E-state index contributed by atoms with van der Waals surface area (Å²) in [7, 11) is 0.